The molecule has 134 valence electrons. The molecule has 3 aliphatic rings. The first kappa shape index (κ1) is 22.6. The first-order valence-electron chi connectivity index (χ1n) is 7.62. The molecule has 0 saturated heterocycles. The van der Waals surface area contributed by atoms with Gasteiger partial charge in [0.05, 0.1) is 0 Å². The number of fused-ring (bicyclic) bond motifs is 4. The Hall–Kier alpha value is 0.303. The summed E-state index contributed by atoms with van der Waals surface area (Å²) in [7, 11) is 9.87. The molecule has 2 aliphatic carbocycles. The molecule has 26 heavy (non-hydrogen) atoms. The number of rotatable bonds is 0. The summed E-state index contributed by atoms with van der Waals surface area (Å²) >= 11 is 4.42. The van der Waals surface area contributed by atoms with Crippen LogP contribution in [0, 0.1) is 12.1 Å². The van der Waals surface area contributed by atoms with Crippen molar-refractivity contribution in [1.29, 1.82) is 0 Å². The molecule has 6 heteroatoms. The van der Waals surface area contributed by atoms with Crippen LogP contribution in [0.15, 0.2) is 57.3 Å². The summed E-state index contributed by atoms with van der Waals surface area (Å²) < 4.78 is 1.12. The second kappa shape index (κ2) is 11.3. The van der Waals surface area contributed by atoms with E-state index in [0.717, 1.165) is 10.2 Å². The molecule has 0 aromatic heterocycles. The maximum absolute atomic E-state index is 4.93. The number of benzene rings is 2. The molecule has 0 amide bonds. The van der Waals surface area contributed by atoms with Crippen LogP contribution < -0.4 is 0 Å². The van der Waals surface area contributed by atoms with Crippen LogP contribution in [0.2, 0.25) is 0 Å². The average Bonchev–Trinajstić information content (AvgIpc) is 3.29. The average molecular weight is 560 g/mol. The van der Waals surface area contributed by atoms with Crippen molar-refractivity contribution in [3.8, 4) is 0 Å². The standard InChI is InChI=1S/C11H6BrS.C9H7.2ClH.H2S.Zr/c12-11-6-9-8-4-2-1-3-7(8)5-10(9)13-11;1-2-5-9-7-3-6-8(9)4-1;;;;/h1-5,9H;1-4,7H,6H2;2*1H;1H2;/q2*-1;;;;+2/p-3. The van der Waals surface area contributed by atoms with Crippen molar-refractivity contribution in [3.05, 3.63) is 91.7 Å². The van der Waals surface area contributed by atoms with Crippen LogP contribution in [0.3, 0.4) is 0 Å². The van der Waals surface area contributed by atoms with Crippen molar-refractivity contribution < 1.29 is 20.8 Å². The summed E-state index contributed by atoms with van der Waals surface area (Å²) in [5, 5.41) is 0. The largest absolute Gasteiger partial charge is 0.813 e. The normalized spacial score (nSPS) is 17.1. The molecule has 0 spiro atoms. The van der Waals surface area contributed by atoms with E-state index in [4.69, 9.17) is 17.0 Å². The van der Waals surface area contributed by atoms with Crippen molar-refractivity contribution in [3.63, 3.8) is 0 Å². The van der Waals surface area contributed by atoms with Gasteiger partial charge in [-0.2, -0.15) is 0 Å². The fraction of sp³-hybridized carbons (Fsp3) is 0.100. The number of thiol groups is 1. The molecule has 1 atom stereocenters. The van der Waals surface area contributed by atoms with Gasteiger partial charge in [-0.15, -0.1) is 69.0 Å². The minimum atomic E-state index is -0.826. The smallest absolute Gasteiger partial charge is 0.0528 e. The fourth-order valence-electron chi connectivity index (χ4n) is 2.90. The van der Waals surface area contributed by atoms with Gasteiger partial charge in [-0.25, -0.2) is 0 Å². The van der Waals surface area contributed by atoms with Gasteiger partial charge in [0, 0.05) is 0 Å². The molecule has 5 rings (SSSR count). The molecular formula is C20H14BrCl2S2Zr-3. The predicted molar refractivity (Wildman–Crippen MR) is 119 cm³/mol. The van der Waals surface area contributed by atoms with Crippen LogP contribution in [0.1, 0.15) is 28.2 Å². The Morgan fingerprint density at radius 2 is 1.92 bits per heavy atom. The van der Waals surface area contributed by atoms with Crippen LogP contribution in [0.25, 0.3) is 12.2 Å². The molecular weight excluding hydrogens is 546 g/mol. The van der Waals surface area contributed by atoms with Crippen molar-refractivity contribution in [1.82, 2.24) is 0 Å². The van der Waals surface area contributed by atoms with Gasteiger partial charge in [-0.3, -0.25) is 0 Å². The quantitative estimate of drug-likeness (QED) is 0.192. The SMILES string of the molecule is BrC1=[C-]C2C(=Cc3ccccc32)S1.[Cl][Zr][Cl].[SH-].[c-]1cccc2c1C=CC2. The van der Waals surface area contributed by atoms with E-state index < -0.39 is 20.8 Å². The zero-order valence-corrected chi connectivity index (χ0v) is 20.8. The summed E-state index contributed by atoms with van der Waals surface area (Å²) in [5.41, 5.74) is 5.40. The molecule has 2 aromatic carbocycles. The fourth-order valence-corrected chi connectivity index (χ4v) is 4.56. The van der Waals surface area contributed by atoms with Gasteiger partial charge in [0.2, 0.25) is 0 Å². The summed E-state index contributed by atoms with van der Waals surface area (Å²) in [4.78, 5) is 1.40. The third kappa shape index (κ3) is 5.66. The molecule has 1 heterocycles. The summed E-state index contributed by atoms with van der Waals surface area (Å²) in [6.07, 6.45) is 11.0. The number of allylic oxidation sites excluding steroid dienone is 3. The summed E-state index contributed by atoms with van der Waals surface area (Å²) in [6.45, 7) is 0. The van der Waals surface area contributed by atoms with Crippen molar-refractivity contribution in [2.45, 2.75) is 12.3 Å². The molecule has 0 bridgehead atoms. The first-order valence-corrected chi connectivity index (χ1v) is 15.6. The molecule has 0 fully saturated rings. The van der Waals surface area contributed by atoms with Gasteiger partial charge in [0.15, 0.2) is 0 Å². The minimum Gasteiger partial charge on any atom is -0.813 e. The van der Waals surface area contributed by atoms with Crippen LogP contribution in [-0.2, 0) is 40.8 Å². The van der Waals surface area contributed by atoms with Crippen LogP contribution in [-0.4, -0.2) is 0 Å². The topological polar surface area (TPSA) is 0 Å². The van der Waals surface area contributed by atoms with Crippen LogP contribution in [0.4, 0.5) is 0 Å². The Morgan fingerprint density at radius 1 is 1.15 bits per heavy atom. The zero-order valence-electron chi connectivity index (χ0n) is 13.5. The van der Waals surface area contributed by atoms with E-state index in [1.54, 1.807) is 11.8 Å². The molecule has 1 aliphatic heterocycles. The minimum absolute atomic E-state index is 0. The van der Waals surface area contributed by atoms with Crippen LogP contribution in [0.5, 0.6) is 0 Å². The number of hydrogen-bond donors (Lipinski definition) is 0. The van der Waals surface area contributed by atoms with Crippen molar-refractivity contribution in [2.24, 2.45) is 0 Å². The van der Waals surface area contributed by atoms with Gasteiger partial charge in [0.25, 0.3) is 0 Å². The van der Waals surface area contributed by atoms with Gasteiger partial charge in [-0.1, -0.05) is 52.2 Å². The van der Waals surface area contributed by atoms with E-state index in [0.29, 0.717) is 5.92 Å². The summed E-state index contributed by atoms with van der Waals surface area (Å²) in [5.74, 6) is 0.399. The Labute approximate surface area is 193 Å². The van der Waals surface area contributed by atoms with Gasteiger partial charge >= 0.3 is 37.9 Å². The van der Waals surface area contributed by atoms with Gasteiger partial charge in [-0.05, 0) is 16.5 Å². The molecule has 0 nitrogen and oxygen atoms in total. The Bertz CT molecular complexity index is 849. The molecule has 0 saturated carbocycles. The van der Waals surface area contributed by atoms with Gasteiger partial charge in [0.1, 0.15) is 0 Å². The second-order valence-electron chi connectivity index (χ2n) is 5.42. The van der Waals surface area contributed by atoms with Gasteiger partial charge < -0.3 is 19.6 Å². The molecule has 0 N–H and O–H groups in total. The maximum atomic E-state index is 4.93. The van der Waals surface area contributed by atoms with E-state index in [1.807, 2.05) is 12.1 Å². The van der Waals surface area contributed by atoms with E-state index in [2.05, 4.69) is 76.6 Å². The first-order chi connectivity index (χ1) is 12.2. The van der Waals surface area contributed by atoms with Crippen LogP contribution >= 0.6 is 44.7 Å². The Morgan fingerprint density at radius 3 is 2.69 bits per heavy atom. The molecule has 1 unspecified atom stereocenters. The third-order valence-electron chi connectivity index (χ3n) is 3.96. The second-order valence-corrected chi connectivity index (χ2v) is 11.5. The Balaban J connectivity index is 0.000000165. The molecule has 0 radical (unpaired) electrons. The molecule has 2 aromatic rings. The van der Waals surface area contributed by atoms with Crippen molar-refractivity contribution in [2.75, 3.05) is 0 Å². The predicted octanol–water partition coefficient (Wildman–Crippen LogP) is 7.07. The number of halogens is 3. The number of thioether (sulfide) groups is 1. The van der Waals surface area contributed by atoms with E-state index in [1.165, 1.54) is 27.2 Å². The summed E-state index contributed by atoms with van der Waals surface area (Å²) in [6, 6.07) is 17.8. The van der Waals surface area contributed by atoms with Crippen molar-refractivity contribution >= 4 is 70.4 Å². The zero-order chi connectivity index (χ0) is 17.6. The Kier molecular flexibility index (Phi) is 9.85. The maximum Gasteiger partial charge on any atom is -0.0528 e. The van der Waals surface area contributed by atoms with E-state index in [9.17, 15) is 0 Å². The van der Waals surface area contributed by atoms with E-state index >= 15 is 0 Å². The monoisotopic (exact) mass is 557 g/mol. The number of hydrogen-bond acceptors (Lipinski definition) is 2. The third-order valence-corrected chi connectivity index (χ3v) is 5.56. The van der Waals surface area contributed by atoms with E-state index in [-0.39, 0.29) is 13.5 Å².